The van der Waals surface area contributed by atoms with Crippen molar-refractivity contribution in [2.24, 2.45) is 5.92 Å². The maximum Gasteiger partial charge on any atom is 0.276 e. The zero-order valence-corrected chi connectivity index (χ0v) is 28.7. The third kappa shape index (κ3) is 8.33. The molecule has 1 saturated heterocycles. The zero-order chi connectivity index (χ0) is 36.2. The fourth-order valence-electron chi connectivity index (χ4n) is 6.26. The first-order chi connectivity index (χ1) is 24.4. The molecule has 16 heteroatoms. The van der Waals surface area contributed by atoms with Gasteiger partial charge in [-0.15, -0.1) is 0 Å². The number of hydrogen-bond donors (Lipinski definition) is 4. The Bertz CT molecular complexity index is 1900. The minimum atomic E-state index is -1.04. The number of nitrogens with one attached hydrogen (secondary N) is 4. The highest BCUT2D eigenvalue weighted by Crippen LogP contribution is 2.25. The van der Waals surface area contributed by atoms with E-state index >= 15 is 0 Å². The molecule has 268 valence electrons. The second-order valence-electron chi connectivity index (χ2n) is 13.4. The summed E-state index contributed by atoms with van der Waals surface area (Å²) in [4.78, 5) is 78.0. The zero-order valence-electron chi connectivity index (χ0n) is 28.7. The van der Waals surface area contributed by atoms with Crippen LogP contribution in [0.5, 0.6) is 0 Å². The van der Waals surface area contributed by atoms with Gasteiger partial charge in [0.05, 0.1) is 12.1 Å². The second kappa shape index (κ2) is 15.0. The maximum absolute atomic E-state index is 14.2. The van der Waals surface area contributed by atoms with Gasteiger partial charge in [-0.05, 0) is 38.2 Å². The summed E-state index contributed by atoms with van der Waals surface area (Å²) in [5.41, 5.74) is 1.32. The average Bonchev–Trinajstić information content (AvgIpc) is 3.91. The van der Waals surface area contributed by atoms with Crippen molar-refractivity contribution in [3.8, 4) is 0 Å². The highest BCUT2D eigenvalue weighted by atomic mass is 16.5. The van der Waals surface area contributed by atoms with Crippen molar-refractivity contribution in [1.29, 1.82) is 0 Å². The van der Waals surface area contributed by atoms with Gasteiger partial charge < -0.3 is 39.5 Å². The largest absolute Gasteiger partial charge is 0.446 e. The van der Waals surface area contributed by atoms with Crippen molar-refractivity contribution in [2.75, 3.05) is 6.54 Å². The van der Waals surface area contributed by atoms with E-state index in [1.807, 2.05) is 44.2 Å². The molecule has 1 aromatic carbocycles. The van der Waals surface area contributed by atoms with Gasteiger partial charge in [-0.1, -0.05) is 49.3 Å². The van der Waals surface area contributed by atoms with Crippen molar-refractivity contribution >= 4 is 29.5 Å². The Balaban J connectivity index is 1.33. The summed E-state index contributed by atoms with van der Waals surface area (Å²) in [5.74, 6) is -2.07. The molecular weight excluding hydrogens is 660 g/mol. The Morgan fingerprint density at radius 2 is 1.69 bits per heavy atom. The third-order valence-electron chi connectivity index (χ3n) is 8.69. The standard InChI is InChI=1S/C35H40N8O8/c1-18(2)10-24-30(45)36-20(4)33-41-27(17-49-33)35(48)43-15-22(37-29(44)14-23-11-19(3)42-51-23)13-28(43)32(47)39-25(12-21-8-6-5-7-9-21)34-40-26(16-50-34)31(46)38-24/h5-9,11,16-18,20,22,24-25,28H,10,12-15H2,1-4H3,(H,36,45)(H,37,44)(H,38,46)(H,39,47)/t20-,22+,24-,25+,28+/m1/s1. The number of aryl methyl sites for hydroxylation is 1. The van der Waals surface area contributed by atoms with E-state index in [9.17, 15) is 24.0 Å². The number of nitrogens with zero attached hydrogens (tertiary/aromatic N) is 4. The van der Waals surface area contributed by atoms with Crippen molar-refractivity contribution in [2.45, 2.75) is 83.6 Å². The third-order valence-corrected chi connectivity index (χ3v) is 8.69. The van der Waals surface area contributed by atoms with Gasteiger partial charge in [0.2, 0.25) is 29.5 Å². The molecule has 0 radical (unpaired) electrons. The Kier molecular flexibility index (Phi) is 10.3. The van der Waals surface area contributed by atoms with Crippen LogP contribution in [-0.4, -0.2) is 74.2 Å². The molecule has 0 spiro atoms. The maximum atomic E-state index is 14.2. The first kappa shape index (κ1) is 35.0. The summed E-state index contributed by atoms with van der Waals surface area (Å²) < 4.78 is 16.6. The minimum absolute atomic E-state index is 0.00384. The van der Waals surface area contributed by atoms with Crippen LogP contribution >= 0.6 is 0 Å². The van der Waals surface area contributed by atoms with Gasteiger partial charge in [-0.25, -0.2) is 9.97 Å². The molecule has 16 nitrogen and oxygen atoms in total. The molecule has 6 rings (SSSR count). The number of rotatable bonds is 7. The number of benzene rings is 1. The molecule has 2 aliphatic rings. The molecular formula is C35H40N8O8. The second-order valence-corrected chi connectivity index (χ2v) is 13.4. The summed E-state index contributed by atoms with van der Waals surface area (Å²) >= 11 is 0. The Morgan fingerprint density at radius 3 is 2.41 bits per heavy atom. The molecule has 1 fully saturated rings. The SMILES string of the molecule is Cc1cc(CC(=O)N[C@H]2C[C@H]3C(=O)N[C@@H](Cc4ccccc4)c4nc(co4)C(=O)N[C@H](CC(C)C)C(=O)N[C@H](C)c4nc(co4)C(=O)N3C2)on1. The molecule has 3 aromatic heterocycles. The van der Waals surface area contributed by atoms with E-state index in [1.165, 1.54) is 17.4 Å². The summed E-state index contributed by atoms with van der Waals surface area (Å²) in [7, 11) is 0. The van der Waals surface area contributed by atoms with Crippen LogP contribution in [0, 0.1) is 12.8 Å². The number of oxazole rings is 2. The van der Waals surface area contributed by atoms with Crippen LogP contribution in [-0.2, 0) is 27.2 Å². The number of fused-ring (bicyclic) bond motifs is 5. The fourth-order valence-corrected chi connectivity index (χ4v) is 6.26. The predicted molar refractivity (Wildman–Crippen MR) is 178 cm³/mol. The molecule has 4 aromatic rings. The molecule has 4 N–H and O–H groups in total. The van der Waals surface area contributed by atoms with Crippen LogP contribution in [0.4, 0.5) is 0 Å². The number of aromatic nitrogens is 3. The van der Waals surface area contributed by atoms with E-state index in [0.29, 0.717) is 17.9 Å². The minimum Gasteiger partial charge on any atom is -0.446 e. The van der Waals surface area contributed by atoms with Crippen LogP contribution in [0.15, 0.2) is 62.3 Å². The Morgan fingerprint density at radius 1 is 0.961 bits per heavy atom. The van der Waals surface area contributed by atoms with Gasteiger partial charge >= 0.3 is 0 Å². The van der Waals surface area contributed by atoms with Gasteiger partial charge in [-0.3, -0.25) is 24.0 Å². The van der Waals surface area contributed by atoms with Crippen LogP contribution in [0.2, 0.25) is 0 Å². The van der Waals surface area contributed by atoms with Crippen molar-refractivity contribution in [1.82, 2.24) is 41.3 Å². The van der Waals surface area contributed by atoms with Crippen molar-refractivity contribution in [3.63, 3.8) is 0 Å². The lowest BCUT2D eigenvalue weighted by Gasteiger charge is -2.25. The molecule has 51 heavy (non-hydrogen) atoms. The average molecular weight is 701 g/mol. The lowest BCUT2D eigenvalue weighted by molar-refractivity contribution is -0.126. The predicted octanol–water partition coefficient (Wildman–Crippen LogP) is 2.34. The van der Waals surface area contributed by atoms with Gasteiger partial charge in [0, 0.05) is 25.1 Å². The van der Waals surface area contributed by atoms with Gasteiger partial charge in [0.25, 0.3) is 11.8 Å². The van der Waals surface area contributed by atoms with E-state index in [1.54, 1.807) is 19.9 Å². The number of hydrogen-bond acceptors (Lipinski definition) is 11. The molecule has 0 aliphatic carbocycles. The monoisotopic (exact) mass is 700 g/mol. The van der Waals surface area contributed by atoms with Gasteiger partial charge in [0.15, 0.2) is 11.4 Å². The fraction of sp³-hybridized carbons (Fsp3) is 0.429. The first-order valence-corrected chi connectivity index (χ1v) is 16.8. The summed E-state index contributed by atoms with van der Waals surface area (Å²) in [6.07, 6.45) is 2.93. The van der Waals surface area contributed by atoms with E-state index in [2.05, 4.69) is 36.4 Å². The quantitative estimate of drug-likeness (QED) is 0.220. The lowest BCUT2D eigenvalue weighted by atomic mass is 10.0. The molecule has 0 unspecified atom stereocenters. The molecule has 5 atom stereocenters. The van der Waals surface area contributed by atoms with Crippen LogP contribution < -0.4 is 21.3 Å². The van der Waals surface area contributed by atoms with Crippen LogP contribution in [0.1, 0.15) is 95.5 Å². The Labute approximate surface area is 293 Å². The highest BCUT2D eigenvalue weighted by Gasteiger charge is 2.42. The molecule has 2 aliphatic heterocycles. The van der Waals surface area contributed by atoms with E-state index in [4.69, 9.17) is 13.4 Å². The van der Waals surface area contributed by atoms with Gasteiger partial charge in [0.1, 0.15) is 42.5 Å². The van der Waals surface area contributed by atoms with E-state index in [-0.39, 0.29) is 60.8 Å². The van der Waals surface area contributed by atoms with E-state index < -0.39 is 53.8 Å². The topological polar surface area (TPSA) is 215 Å². The molecule has 0 saturated carbocycles. The molecule has 4 bridgehead atoms. The van der Waals surface area contributed by atoms with Crippen LogP contribution in [0.25, 0.3) is 0 Å². The summed E-state index contributed by atoms with van der Waals surface area (Å²) in [6, 6.07) is 6.78. The molecule has 5 heterocycles. The summed E-state index contributed by atoms with van der Waals surface area (Å²) in [6.45, 7) is 7.22. The van der Waals surface area contributed by atoms with Crippen molar-refractivity contribution < 1.29 is 37.3 Å². The molecule has 5 amide bonds. The summed E-state index contributed by atoms with van der Waals surface area (Å²) in [5, 5.41) is 15.2. The smallest absolute Gasteiger partial charge is 0.276 e. The number of carbonyl (C=O) groups excluding carboxylic acids is 5. The van der Waals surface area contributed by atoms with E-state index in [0.717, 1.165) is 5.56 Å². The number of carbonyl (C=O) groups is 5. The first-order valence-electron chi connectivity index (χ1n) is 16.8. The number of amides is 5. The Hall–Kier alpha value is -5.80. The highest BCUT2D eigenvalue weighted by molar-refractivity contribution is 5.97. The van der Waals surface area contributed by atoms with Crippen molar-refractivity contribution in [3.05, 3.63) is 89.1 Å². The normalized spacial score (nSPS) is 22.8. The lowest BCUT2D eigenvalue weighted by Crippen LogP contribution is -2.48. The van der Waals surface area contributed by atoms with Gasteiger partial charge in [-0.2, -0.15) is 0 Å². The van der Waals surface area contributed by atoms with Crippen LogP contribution in [0.3, 0.4) is 0 Å².